The largest absolute Gasteiger partial charge is 1.00 e. The van der Waals surface area contributed by atoms with E-state index in [-0.39, 0.29) is 37.4 Å². The number of aliphatic carboxylic acids is 1. The summed E-state index contributed by atoms with van der Waals surface area (Å²) in [6.45, 7) is 0. The number of fused-ring (bicyclic) bond motifs is 1. The minimum Gasteiger partial charge on any atom is -1.00 e. The van der Waals surface area contributed by atoms with Gasteiger partial charge in [-0.3, -0.25) is 4.79 Å². The summed E-state index contributed by atoms with van der Waals surface area (Å²) in [5.41, 5.74) is 1.82. The van der Waals surface area contributed by atoms with E-state index in [1.165, 1.54) is 0 Å². The Bertz CT molecular complexity index is 455. The molecule has 0 radical (unpaired) electrons. The molecular formula is C10H10NNaO2. The summed E-state index contributed by atoms with van der Waals surface area (Å²) in [5.74, 6) is -0.801. The summed E-state index contributed by atoms with van der Waals surface area (Å²) in [7, 11) is 0. The number of aromatic amines is 1. The molecular weight excluding hydrogens is 189 g/mol. The van der Waals surface area contributed by atoms with Gasteiger partial charge in [0, 0.05) is 17.1 Å². The first-order valence-corrected chi connectivity index (χ1v) is 4.04. The Morgan fingerprint density at radius 2 is 2.14 bits per heavy atom. The Balaban J connectivity index is 0.000000980. The molecule has 0 saturated heterocycles. The summed E-state index contributed by atoms with van der Waals surface area (Å²) in [5, 5.41) is 9.62. The number of H-pyrrole nitrogens is 1. The van der Waals surface area contributed by atoms with Crippen LogP contribution in [0.3, 0.4) is 0 Å². The van der Waals surface area contributed by atoms with Gasteiger partial charge < -0.3 is 11.5 Å². The minimum absolute atomic E-state index is 0. The predicted octanol–water partition coefficient (Wildman–Crippen LogP) is -1.09. The number of rotatable bonds is 2. The van der Waals surface area contributed by atoms with Gasteiger partial charge in [-0.15, -0.1) is 0 Å². The molecule has 0 aliphatic heterocycles. The van der Waals surface area contributed by atoms with Crippen LogP contribution in [0.5, 0.6) is 0 Å². The van der Waals surface area contributed by atoms with Crippen molar-refractivity contribution in [3.63, 3.8) is 0 Å². The Morgan fingerprint density at radius 3 is 2.86 bits per heavy atom. The van der Waals surface area contributed by atoms with Crippen molar-refractivity contribution in [3.05, 3.63) is 36.0 Å². The molecule has 0 saturated carbocycles. The van der Waals surface area contributed by atoms with Crippen molar-refractivity contribution >= 4 is 16.9 Å². The molecule has 0 spiro atoms. The van der Waals surface area contributed by atoms with Crippen LogP contribution in [0.1, 0.15) is 6.99 Å². The average molecular weight is 199 g/mol. The van der Waals surface area contributed by atoms with E-state index in [1.807, 2.05) is 24.3 Å². The number of aromatic nitrogens is 1. The van der Waals surface area contributed by atoms with E-state index in [0.29, 0.717) is 0 Å². The molecule has 0 aliphatic carbocycles. The van der Waals surface area contributed by atoms with Gasteiger partial charge in [0.15, 0.2) is 0 Å². The van der Waals surface area contributed by atoms with Crippen molar-refractivity contribution in [2.75, 3.05) is 0 Å². The number of carboxylic acids is 1. The van der Waals surface area contributed by atoms with Crippen LogP contribution >= 0.6 is 0 Å². The second-order valence-corrected chi connectivity index (χ2v) is 2.93. The second-order valence-electron chi connectivity index (χ2n) is 2.93. The molecule has 0 atom stereocenters. The molecule has 0 bridgehead atoms. The maximum atomic E-state index is 10.5. The fourth-order valence-corrected chi connectivity index (χ4v) is 1.44. The standard InChI is InChI=1S/C10H9NO2.Na.H/c12-10(13)5-7-6-11-9-4-2-1-3-8(7)9;;/h1-4,6,11H,5H2,(H,12,13);;/q;+1;-1. The number of nitrogens with one attached hydrogen (secondary N) is 1. The normalized spacial score (nSPS) is 9.71. The van der Waals surface area contributed by atoms with Crippen molar-refractivity contribution in [3.8, 4) is 0 Å². The maximum absolute atomic E-state index is 10.5. The van der Waals surface area contributed by atoms with Crippen molar-refractivity contribution in [1.29, 1.82) is 0 Å². The second kappa shape index (κ2) is 4.64. The number of hydrogen-bond donors (Lipinski definition) is 2. The molecule has 1 aromatic heterocycles. The van der Waals surface area contributed by atoms with Crippen molar-refractivity contribution in [1.82, 2.24) is 4.98 Å². The molecule has 4 heteroatoms. The Labute approximate surface area is 105 Å². The Hall–Kier alpha value is -0.770. The molecule has 0 aliphatic rings. The summed E-state index contributed by atoms with van der Waals surface area (Å²) in [6.07, 6.45) is 1.82. The van der Waals surface area contributed by atoms with E-state index in [0.717, 1.165) is 16.5 Å². The van der Waals surface area contributed by atoms with Crippen LogP contribution in [0.2, 0.25) is 0 Å². The van der Waals surface area contributed by atoms with Gasteiger partial charge >= 0.3 is 35.5 Å². The quantitative estimate of drug-likeness (QED) is 0.604. The summed E-state index contributed by atoms with van der Waals surface area (Å²) < 4.78 is 0. The SMILES string of the molecule is O=C(O)Cc1c[nH]c2ccccc12.[H-].[Na+]. The summed E-state index contributed by atoms with van der Waals surface area (Å²) >= 11 is 0. The van der Waals surface area contributed by atoms with E-state index >= 15 is 0 Å². The van der Waals surface area contributed by atoms with E-state index < -0.39 is 5.97 Å². The van der Waals surface area contributed by atoms with Crippen LogP contribution in [0.25, 0.3) is 10.9 Å². The summed E-state index contributed by atoms with van der Waals surface area (Å²) in [6, 6.07) is 7.68. The monoisotopic (exact) mass is 199 g/mol. The molecule has 1 aromatic carbocycles. The summed E-state index contributed by atoms with van der Waals surface area (Å²) in [4.78, 5) is 13.5. The number of carbonyl (C=O) groups is 1. The molecule has 2 aromatic rings. The Morgan fingerprint density at radius 1 is 1.43 bits per heavy atom. The molecule has 14 heavy (non-hydrogen) atoms. The molecule has 2 N–H and O–H groups in total. The van der Waals surface area contributed by atoms with Gasteiger partial charge in [0.2, 0.25) is 0 Å². The van der Waals surface area contributed by atoms with E-state index in [4.69, 9.17) is 5.11 Å². The van der Waals surface area contributed by atoms with Gasteiger partial charge in [0.25, 0.3) is 0 Å². The zero-order valence-corrected chi connectivity index (χ0v) is 9.95. The fourth-order valence-electron chi connectivity index (χ4n) is 1.44. The molecule has 0 amide bonds. The number of hydrogen-bond acceptors (Lipinski definition) is 1. The van der Waals surface area contributed by atoms with Crippen LogP contribution in [-0.4, -0.2) is 16.1 Å². The zero-order valence-electron chi connectivity index (χ0n) is 8.95. The number of benzene rings is 1. The minimum atomic E-state index is -0.801. The van der Waals surface area contributed by atoms with E-state index in [1.54, 1.807) is 6.20 Å². The predicted molar refractivity (Wildman–Crippen MR) is 50.8 cm³/mol. The van der Waals surface area contributed by atoms with Crippen LogP contribution in [-0.2, 0) is 11.2 Å². The van der Waals surface area contributed by atoms with Crippen LogP contribution < -0.4 is 29.6 Å². The molecule has 1 heterocycles. The van der Waals surface area contributed by atoms with Gasteiger partial charge in [-0.25, -0.2) is 0 Å². The third-order valence-electron chi connectivity index (χ3n) is 2.02. The molecule has 0 fully saturated rings. The van der Waals surface area contributed by atoms with E-state index in [2.05, 4.69) is 4.98 Å². The van der Waals surface area contributed by atoms with Gasteiger partial charge in [-0.2, -0.15) is 0 Å². The third-order valence-corrected chi connectivity index (χ3v) is 2.02. The Kier molecular flexibility index (Phi) is 3.75. The first-order valence-electron chi connectivity index (χ1n) is 4.04. The molecule has 3 nitrogen and oxygen atoms in total. The first-order chi connectivity index (χ1) is 6.27. The zero-order chi connectivity index (χ0) is 9.26. The van der Waals surface area contributed by atoms with Crippen molar-refractivity contribution < 1.29 is 40.9 Å². The van der Waals surface area contributed by atoms with Gasteiger partial charge in [-0.05, 0) is 11.6 Å². The number of carboxylic acid groups (broad SMARTS) is 1. The van der Waals surface area contributed by atoms with Crippen LogP contribution in [0, 0.1) is 0 Å². The third kappa shape index (κ3) is 2.18. The average Bonchev–Trinajstić information content (AvgIpc) is 2.48. The smallest absolute Gasteiger partial charge is 1.00 e. The molecule has 2 rings (SSSR count). The van der Waals surface area contributed by atoms with Crippen LogP contribution in [0.15, 0.2) is 30.5 Å². The van der Waals surface area contributed by atoms with Gasteiger partial charge in [0.1, 0.15) is 0 Å². The van der Waals surface area contributed by atoms with Crippen molar-refractivity contribution in [2.24, 2.45) is 0 Å². The van der Waals surface area contributed by atoms with Crippen LogP contribution in [0.4, 0.5) is 0 Å². The van der Waals surface area contributed by atoms with Crippen molar-refractivity contribution in [2.45, 2.75) is 6.42 Å². The van der Waals surface area contributed by atoms with E-state index in [9.17, 15) is 4.79 Å². The first kappa shape index (κ1) is 11.3. The molecule has 0 unspecified atom stereocenters. The fraction of sp³-hybridized carbons (Fsp3) is 0.100. The topological polar surface area (TPSA) is 53.1 Å². The van der Waals surface area contributed by atoms with Gasteiger partial charge in [0.05, 0.1) is 6.42 Å². The number of para-hydroxylation sites is 1. The maximum Gasteiger partial charge on any atom is 1.00 e. The molecule has 68 valence electrons. The van der Waals surface area contributed by atoms with Gasteiger partial charge in [-0.1, -0.05) is 18.2 Å².